The zero-order chi connectivity index (χ0) is 18.0. The normalized spacial score (nSPS) is 14.3. The van der Waals surface area contributed by atoms with Gasteiger partial charge in [0.1, 0.15) is 12.6 Å². The van der Waals surface area contributed by atoms with Crippen molar-refractivity contribution in [3.8, 4) is 0 Å². The van der Waals surface area contributed by atoms with Crippen LogP contribution >= 0.6 is 11.6 Å². The van der Waals surface area contributed by atoms with Crippen LogP contribution in [-0.2, 0) is 9.59 Å². The molecule has 0 saturated carbocycles. The second-order valence-electron chi connectivity index (χ2n) is 5.66. The summed E-state index contributed by atoms with van der Waals surface area (Å²) in [5, 5.41) is 5.66. The van der Waals surface area contributed by atoms with E-state index in [1.54, 1.807) is 55.5 Å². The molecule has 0 spiro atoms. The third kappa shape index (κ3) is 3.49. The number of para-hydroxylation sites is 2. The number of carbonyl (C=O) groups excluding carboxylic acids is 3. The molecule has 0 bridgehead atoms. The highest BCUT2D eigenvalue weighted by Crippen LogP contribution is 2.29. The van der Waals surface area contributed by atoms with Crippen LogP contribution in [0.2, 0.25) is 5.02 Å². The first kappa shape index (κ1) is 17.0. The van der Waals surface area contributed by atoms with Gasteiger partial charge in [-0.15, -0.1) is 0 Å². The van der Waals surface area contributed by atoms with Gasteiger partial charge in [-0.2, -0.15) is 0 Å². The smallest absolute Gasteiger partial charge is 0.253 e. The van der Waals surface area contributed by atoms with Crippen LogP contribution in [0.1, 0.15) is 17.3 Å². The molecule has 0 aliphatic carbocycles. The molecular weight excluding hydrogens is 342 g/mol. The van der Waals surface area contributed by atoms with Crippen LogP contribution in [0.25, 0.3) is 0 Å². The van der Waals surface area contributed by atoms with E-state index in [1.165, 1.54) is 4.90 Å². The molecule has 1 heterocycles. The Balaban J connectivity index is 1.78. The van der Waals surface area contributed by atoms with Crippen LogP contribution in [0.5, 0.6) is 0 Å². The molecular formula is C18H16ClN3O3. The zero-order valence-corrected chi connectivity index (χ0v) is 14.2. The molecule has 2 aromatic carbocycles. The summed E-state index contributed by atoms with van der Waals surface area (Å²) < 4.78 is 0. The second kappa shape index (κ2) is 6.94. The van der Waals surface area contributed by atoms with Gasteiger partial charge in [0.05, 0.1) is 22.0 Å². The van der Waals surface area contributed by atoms with E-state index in [2.05, 4.69) is 10.6 Å². The van der Waals surface area contributed by atoms with Crippen molar-refractivity contribution in [1.29, 1.82) is 0 Å². The number of rotatable bonds is 3. The van der Waals surface area contributed by atoms with Crippen molar-refractivity contribution in [1.82, 2.24) is 5.32 Å². The van der Waals surface area contributed by atoms with Crippen molar-refractivity contribution in [2.75, 3.05) is 16.8 Å². The van der Waals surface area contributed by atoms with Crippen LogP contribution in [0.4, 0.5) is 11.4 Å². The average molecular weight is 358 g/mol. The number of nitrogens with one attached hydrogen (secondary N) is 2. The molecule has 25 heavy (non-hydrogen) atoms. The van der Waals surface area contributed by atoms with Crippen molar-refractivity contribution in [3.63, 3.8) is 0 Å². The van der Waals surface area contributed by atoms with Gasteiger partial charge >= 0.3 is 0 Å². The first-order valence-electron chi connectivity index (χ1n) is 7.73. The van der Waals surface area contributed by atoms with Crippen molar-refractivity contribution >= 4 is 40.7 Å². The van der Waals surface area contributed by atoms with Crippen LogP contribution in [0, 0.1) is 0 Å². The van der Waals surface area contributed by atoms with E-state index in [4.69, 9.17) is 11.6 Å². The molecule has 1 atom stereocenters. The van der Waals surface area contributed by atoms with Gasteiger partial charge in [-0.25, -0.2) is 0 Å². The Labute approximate surface area is 149 Å². The molecule has 6 nitrogen and oxygen atoms in total. The number of anilines is 2. The maximum atomic E-state index is 12.8. The fourth-order valence-corrected chi connectivity index (χ4v) is 2.87. The van der Waals surface area contributed by atoms with E-state index in [0.29, 0.717) is 22.0 Å². The number of halogens is 1. The maximum absolute atomic E-state index is 12.8. The van der Waals surface area contributed by atoms with Crippen LogP contribution in [0.15, 0.2) is 48.5 Å². The first-order valence-corrected chi connectivity index (χ1v) is 8.11. The standard InChI is InChI=1S/C18H16ClN3O3/c1-11(20-17(24)12-6-2-3-7-13(12)19)18(25)22-10-16(23)21-14-8-4-5-9-15(14)22/h2-9,11H,10H2,1H3,(H,20,24)(H,21,23)/t11-/m0/s1. The molecule has 2 N–H and O–H groups in total. The summed E-state index contributed by atoms with van der Waals surface area (Å²) in [6.45, 7) is 1.48. The third-order valence-electron chi connectivity index (χ3n) is 3.87. The van der Waals surface area contributed by atoms with Gasteiger partial charge in [0.25, 0.3) is 5.91 Å². The molecule has 1 aliphatic heterocycles. The molecule has 7 heteroatoms. The van der Waals surface area contributed by atoms with Crippen LogP contribution in [0.3, 0.4) is 0 Å². The number of benzene rings is 2. The summed E-state index contributed by atoms with van der Waals surface area (Å²) in [5.41, 5.74) is 1.46. The molecule has 3 rings (SSSR count). The SMILES string of the molecule is C[C@H](NC(=O)c1ccccc1Cl)C(=O)N1CC(=O)Nc2ccccc21. The summed E-state index contributed by atoms with van der Waals surface area (Å²) in [7, 11) is 0. The topological polar surface area (TPSA) is 78.5 Å². The summed E-state index contributed by atoms with van der Waals surface area (Å²) in [6.07, 6.45) is 0. The quantitative estimate of drug-likeness (QED) is 0.885. The lowest BCUT2D eigenvalue weighted by Gasteiger charge is -2.31. The van der Waals surface area contributed by atoms with Gasteiger partial charge in [0, 0.05) is 0 Å². The van der Waals surface area contributed by atoms with E-state index in [1.807, 2.05) is 0 Å². The zero-order valence-electron chi connectivity index (χ0n) is 13.5. The molecule has 1 aliphatic rings. The van der Waals surface area contributed by atoms with E-state index in [-0.39, 0.29) is 18.4 Å². The van der Waals surface area contributed by atoms with Crippen molar-refractivity contribution in [3.05, 3.63) is 59.1 Å². The Morgan fingerprint density at radius 1 is 1.16 bits per heavy atom. The summed E-state index contributed by atoms with van der Waals surface area (Å²) in [4.78, 5) is 38.3. The average Bonchev–Trinajstić information content (AvgIpc) is 2.60. The fraction of sp³-hybridized carbons (Fsp3) is 0.167. The van der Waals surface area contributed by atoms with Gasteiger partial charge in [-0.3, -0.25) is 19.3 Å². The van der Waals surface area contributed by atoms with Crippen LogP contribution in [-0.4, -0.2) is 30.3 Å². The Bertz CT molecular complexity index is 853. The highest BCUT2D eigenvalue weighted by atomic mass is 35.5. The Morgan fingerprint density at radius 2 is 1.84 bits per heavy atom. The van der Waals surface area contributed by atoms with Gasteiger partial charge < -0.3 is 10.6 Å². The predicted molar refractivity (Wildman–Crippen MR) is 95.8 cm³/mol. The van der Waals surface area contributed by atoms with Gasteiger partial charge in [0.2, 0.25) is 11.8 Å². The number of hydrogen-bond acceptors (Lipinski definition) is 3. The Morgan fingerprint density at radius 3 is 2.60 bits per heavy atom. The number of carbonyl (C=O) groups is 3. The fourth-order valence-electron chi connectivity index (χ4n) is 2.65. The van der Waals surface area contributed by atoms with E-state index in [0.717, 1.165) is 0 Å². The molecule has 0 unspecified atom stereocenters. The lowest BCUT2D eigenvalue weighted by Crippen LogP contribution is -2.51. The van der Waals surface area contributed by atoms with Gasteiger partial charge in [0.15, 0.2) is 0 Å². The first-order chi connectivity index (χ1) is 12.0. The molecule has 0 radical (unpaired) electrons. The maximum Gasteiger partial charge on any atom is 0.253 e. The molecule has 0 aromatic heterocycles. The summed E-state index contributed by atoms with van der Waals surface area (Å²) >= 11 is 6.01. The Hall–Kier alpha value is -2.86. The summed E-state index contributed by atoms with van der Waals surface area (Å²) in [6, 6.07) is 12.8. The van der Waals surface area contributed by atoms with Gasteiger partial charge in [-0.05, 0) is 31.2 Å². The molecule has 2 aromatic rings. The minimum absolute atomic E-state index is 0.0951. The number of hydrogen-bond donors (Lipinski definition) is 2. The highest BCUT2D eigenvalue weighted by molar-refractivity contribution is 6.33. The number of amides is 3. The minimum Gasteiger partial charge on any atom is -0.340 e. The lowest BCUT2D eigenvalue weighted by molar-refractivity contribution is -0.122. The highest BCUT2D eigenvalue weighted by Gasteiger charge is 2.30. The van der Waals surface area contributed by atoms with E-state index >= 15 is 0 Å². The third-order valence-corrected chi connectivity index (χ3v) is 4.20. The van der Waals surface area contributed by atoms with Crippen LogP contribution < -0.4 is 15.5 Å². The number of nitrogens with zero attached hydrogens (tertiary/aromatic N) is 1. The van der Waals surface area contributed by atoms with E-state index in [9.17, 15) is 14.4 Å². The van der Waals surface area contributed by atoms with Crippen molar-refractivity contribution in [2.45, 2.75) is 13.0 Å². The van der Waals surface area contributed by atoms with E-state index < -0.39 is 11.9 Å². The van der Waals surface area contributed by atoms with Crippen molar-refractivity contribution in [2.24, 2.45) is 0 Å². The lowest BCUT2D eigenvalue weighted by atomic mass is 10.1. The number of fused-ring (bicyclic) bond motifs is 1. The molecule has 3 amide bonds. The molecule has 0 fully saturated rings. The monoisotopic (exact) mass is 357 g/mol. The second-order valence-corrected chi connectivity index (χ2v) is 6.07. The summed E-state index contributed by atoms with van der Waals surface area (Å²) in [5.74, 6) is -1.10. The largest absolute Gasteiger partial charge is 0.340 e. The minimum atomic E-state index is -0.817. The van der Waals surface area contributed by atoms with Crippen molar-refractivity contribution < 1.29 is 14.4 Å². The van der Waals surface area contributed by atoms with Gasteiger partial charge in [-0.1, -0.05) is 35.9 Å². The molecule has 128 valence electrons. The molecule has 0 saturated heterocycles. The predicted octanol–water partition coefficient (Wildman–Crippen LogP) is 2.44. The Kier molecular flexibility index (Phi) is 4.72.